The van der Waals surface area contributed by atoms with E-state index in [4.69, 9.17) is 4.84 Å². The lowest BCUT2D eigenvalue weighted by Crippen LogP contribution is -2.28. The smallest absolute Gasteiger partial charge is 0.207 e. The molecule has 0 radical (unpaired) electrons. The van der Waals surface area contributed by atoms with Crippen LogP contribution in [0.4, 0.5) is 4.39 Å². The number of aliphatic hydroxyl groups excluding tert-OH is 1. The average molecular weight is 317 g/mol. The zero-order chi connectivity index (χ0) is 16.6. The number of carbonyl (C=O) groups excluding carboxylic acids is 1. The predicted octanol–water partition coefficient (Wildman–Crippen LogP) is 2.60. The van der Waals surface area contributed by atoms with Gasteiger partial charge < -0.3 is 5.11 Å². The number of hydroxylamine groups is 1. The van der Waals surface area contributed by atoms with Crippen molar-refractivity contribution in [3.63, 3.8) is 0 Å². The lowest BCUT2D eigenvalue weighted by molar-refractivity contribution is -0.114. The van der Waals surface area contributed by atoms with Gasteiger partial charge in [0.2, 0.25) is 5.78 Å². The highest BCUT2D eigenvalue weighted by atomic mass is 19.1. The summed E-state index contributed by atoms with van der Waals surface area (Å²) in [4.78, 5) is 17.6. The fraction of sp³-hybridized carbons (Fsp3) is 0.389. The van der Waals surface area contributed by atoms with E-state index in [0.717, 1.165) is 17.6 Å². The van der Waals surface area contributed by atoms with Crippen molar-refractivity contribution >= 4 is 11.4 Å². The Morgan fingerprint density at radius 3 is 2.70 bits per heavy atom. The summed E-state index contributed by atoms with van der Waals surface area (Å²) in [7, 11) is 1.41. The molecule has 1 aromatic rings. The van der Waals surface area contributed by atoms with Crippen molar-refractivity contribution in [1.29, 1.82) is 0 Å². The topological polar surface area (TPSA) is 58.6 Å². The summed E-state index contributed by atoms with van der Waals surface area (Å²) in [6, 6.07) is 6.14. The Morgan fingerprint density at radius 1 is 1.35 bits per heavy atom. The summed E-state index contributed by atoms with van der Waals surface area (Å²) in [5.41, 5.74) is 4.90. The Hall–Kier alpha value is -1.98. The Labute approximate surface area is 134 Å². The number of aliphatic hydroxyl groups is 1. The lowest BCUT2D eigenvalue weighted by atomic mass is 9.77. The molecule has 0 heterocycles. The Morgan fingerprint density at radius 2 is 2.04 bits per heavy atom. The second-order valence-corrected chi connectivity index (χ2v) is 6.23. The molecule has 3 rings (SSSR count). The van der Waals surface area contributed by atoms with E-state index in [0.29, 0.717) is 24.3 Å². The van der Waals surface area contributed by atoms with Gasteiger partial charge >= 0.3 is 0 Å². The van der Waals surface area contributed by atoms with Gasteiger partial charge in [-0.25, -0.2) is 4.39 Å². The van der Waals surface area contributed by atoms with Crippen LogP contribution in [-0.2, 0) is 9.63 Å². The van der Waals surface area contributed by atoms with E-state index in [1.807, 2.05) is 0 Å². The minimum Gasteiger partial charge on any atom is -0.392 e. The average Bonchev–Trinajstić information content (AvgIpc) is 2.82. The van der Waals surface area contributed by atoms with E-state index in [-0.39, 0.29) is 23.2 Å². The summed E-state index contributed by atoms with van der Waals surface area (Å²) >= 11 is 0. The van der Waals surface area contributed by atoms with Gasteiger partial charge in [0.1, 0.15) is 11.5 Å². The van der Waals surface area contributed by atoms with Crippen molar-refractivity contribution in [2.75, 3.05) is 7.11 Å². The first-order valence-corrected chi connectivity index (χ1v) is 7.71. The number of benzene rings is 1. The first kappa shape index (κ1) is 15.9. The van der Waals surface area contributed by atoms with Crippen LogP contribution in [-0.4, -0.2) is 24.1 Å². The largest absolute Gasteiger partial charge is 0.392 e. The molecule has 1 fully saturated rings. The van der Waals surface area contributed by atoms with Crippen LogP contribution >= 0.6 is 0 Å². The van der Waals surface area contributed by atoms with E-state index in [9.17, 15) is 14.3 Å². The molecule has 2 bridgehead atoms. The number of hydrogen-bond acceptors (Lipinski definition) is 4. The first-order valence-electron chi connectivity index (χ1n) is 7.71. The SMILES string of the molecule is C=C(NOC)C(=O)C1=C(c2ccc(F)cc2)CC2CC(O)[C@H]1C2. The third kappa shape index (κ3) is 2.94. The first-order chi connectivity index (χ1) is 11.0. The van der Waals surface area contributed by atoms with Crippen LogP contribution in [0, 0.1) is 17.7 Å². The van der Waals surface area contributed by atoms with Gasteiger partial charge in [0.15, 0.2) is 0 Å². The van der Waals surface area contributed by atoms with Crippen LogP contribution in [0.3, 0.4) is 0 Å². The standard InChI is InChI=1S/C18H20FNO3/c1-10(20-23-2)18(22)17-14(12-3-5-13(19)6-4-12)7-11-8-15(17)16(21)9-11/h3-6,11,15-16,20-21H,1,7-9H2,2H3/t11?,15-,16?/m1/s1. The van der Waals surface area contributed by atoms with Gasteiger partial charge in [-0.05, 0) is 48.4 Å². The van der Waals surface area contributed by atoms with Gasteiger partial charge in [0.25, 0.3) is 0 Å². The van der Waals surface area contributed by atoms with Gasteiger partial charge in [-0.1, -0.05) is 18.7 Å². The highest BCUT2D eigenvalue weighted by Crippen LogP contribution is 2.49. The third-order valence-corrected chi connectivity index (χ3v) is 4.75. The highest BCUT2D eigenvalue weighted by Gasteiger charge is 2.43. The quantitative estimate of drug-likeness (QED) is 0.647. The summed E-state index contributed by atoms with van der Waals surface area (Å²) < 4.78 is 13.2. The number of halogens is 1. The van der Waals surface area contributed by atoms with E-state index >= 15 is 0 Å². The molecular weight excluding hydrogens is 297 g/mol. The van der Waals surface area contributed by atoms with E-state index < -0.39 is 6.10 Å². The van der Waals surface area contributed by atoms with Crippen LogP contribution in [0.2, 0.25) is 0 Å². The van der Waals surface area contributed by atoms with Crippen molar-refractivity contribution in [1.82, 2.24) is 5.48 Å². The van der Waals surface area contributed by atoms with E-state index in [2.05, 4.69) is 12.1 Å². The predicted molar refractivity (Wildman–Crippen MR) is 84.4 cm³/mol. The number of hydrogen-bond donors (Lipinski definition) is 2. The number of nitrogens with one attached hydrogen (secondary N) is 1. The molecule has 1 saturated carbocycles. The second kappa shape index (κ2) is 6.26. The fourth-order valence-electron chi connectivity index (χ4n) is 3.78. The van der Waals surface area contributed by atoms with Crippen molar-refractivity contribution in [2.24, 2.45) is 11.8 Å². The van der Waals surface area contributed by atoms with Crippen LogP contribution in [0.1, 0.15) is 24.8 Å². The van der Waals surface area contributed by atoms with Crippen LogP contribution in [0.15, 0.2) is 42.1 Å². The molecule has 4 nitrogen and oxygen atoms in total. The summed E-state index contributed by atoms with van der Waals surface area (Å²) in [6.45, 7) is 3.71. The number of ketones is 1. The van der Waals surface area contributed by atoms with Crippen molar-refractivity contribution < 1.29 is 19.1 Å². The summed E-state index contributed by atoms with van der Waals surface area (Å²) in [5, 5.41) is 10.3. The Balaban J connectivity index is 2.06. The normalized spacial score (nSPS) is 26.3. The molecule has 3 atom stereocenters. The fourth-order valence-corrected chi connectivity index (χ4v) is 3.78. The molecule has 2 unspecified atom stereocenters. The van der Waals surface area contributed by atoms with E-state index in [1.165, 1.54) is 19.2 Å². The van der Waals surface area contributed by atoms with Gasteiger partial charge in [0, 0.05) is 11.5 Å². The van der Waals surface area contributed by atoms with Crippen LogP contribution in [0.5, 0.6) is 0 Å². The summed E-state index contributed by atoms with van der Waals surface area (Å²) in [6.07, 6.45) is 1.68. The molecule has 2 aliphatic carbocycles. The molecule has 0 aromatic heterocycles. The Bertz CT molecular complexity index is 665. The van der Waals surface area contributed by atoms with Crippen molar-refractivity contribution in [3.8, 4) is 0 Å². The number of allylic oxidation sites excluding steroid dienone is 2. The number of Topliss-reactive ketones (excluding diaryl/α,β-unsaturated/α-hetero) is 1. The zero-order valence-electron chi connectivity index (χ0n) is 13.0. The molecule has 0 amide bonds. The molecule has 5 heteroatoms. The maximum absolute atomic E-state index is 13.2. The lowest BCUT2D eigenvalue weighted by Gasteiger charge is -2.27. The van der Waals surface area contributed by atoms with Gasteiger partial charge in [-0.15, -0.1) is 0 Å². The second-order valence-electron chi connectivity index (χ2n) is 6.23. The summed E-state index contributed by atoms with van der Waals surface area (Å²) in [5.74, 6) is -0.408. The van der Waals surface area contributed by atoms with Gasteiger partial charge in [0.05, 0.1) is 13.2 Å². The minimum atomic E-state index is -0.521. The van der Waals surface area contributed by atoms with Gasteiger partial charge in [-0.2, -0.15) is 0 Å². The maximum Gasteiger partial charge on any atom is 0.207 e. The molecule has 0 saturated heterocycles. The molecule has 2 N–H and O–H groups in total. The molecule has 122 valence electrons. The number of rotatable bonds is 5. The molecule has 0 spiro atoms. The van der Waals surface area contributed by atoms with Gasteiger partial charge in [-0.3, -0.25) is 15.1 Å². The van der Waals surface area contributed by atoms with Crippen molar-refractivity contribution in [2.45, 2.75) is 25.4 Å². The minimum absolute atomic E-state index is 0.139. The molecule has 1 aromatic carbocycles. The number of carbonyl (C=O) groups is 1. The molecule has 23 heavy (non-hydrogen) atoms. The maximum atomic E-state index is 13.2. The van der Waals surface area contributed by atoms with Crippen molar-refractivity contribution in [3.05, 3.63) is 53.5 Å². The zero-order valence-corrected chi connectivity index (χ0v) is 13.0. The monoisotopic (exact) mass is 317 g/mol. The molecule has 2 aliphatic rings. The number of fused-ring (bicyclic) bond motifs is 2. The molecule has 0 aliphatic heterocycles. The highest BCUT2D eigenvalue weighted by molar-refractivity contribution is 6.12. The third-order valence-electron chi connectivity index (χ3n) is 4.75. The van der Waals surface area contributed by atoms with Crippen LogP contribution < -0.4 is 5.48 Å². The Kier molecular flexibility index (Phi) is 4.33. The van der Waals surface area contributed by atoms with Crippen LogP contribution in [0.25, 0.3) is 5.57 Å². The van der Waals surface area contributed by atoms with E-state index in [1.54, 1.807) is 12.1 Å². The molecular formula is C18H20FNO3.